The number of benzene rings is 1. The van der Waals surface area contributed by atoms with Crippen LogP contribution in [0.5, 0.6) is 11.5 Å². The summed E-state index contributed by atoms with van der Waals surface area (Å²) in [4.78, 5) is 12.2. The van der Waals surface area contributed by atoms with Gasteiger partial charge in [-0.2, -0.15) is 0 Å². The van der Waals surface area contributed by atoms with Gasteiger partial charge in [0.1, 0.15) is 0 Å². The van der Waals surface area contributed by atoms with Gasteiger partial charge in [0.05, 0.1) is 24.3 Å². The van der Waals surface area contributed by atoms with Crippen molar-refractivity contribution < 1.29 is 14.3 Å². The second-order valence-corrected chi connectivity index (χ2v) is 6.00. The molecule has 0 aliphatic heterocycles. The summed E-state index contributed by atoms with van der Waals surface area (Å²) < 4.78 is 10.8. The zero-order valence-corrected chi connectivity index (χ0v) is 15.1. The van der Waals surface area contributed by atoms with E-state index >= 15 is 0 Å². The summed E-state index contributed by atoms with van der Waals surface area (Å²) in [7, 11) is 1.56. The summed E-state index contributed by atoms with van der Waals surface area (Å²) in [6.45, 7) is 2.74. The molecular formula is C16H24Cl2N2O3. The summed E-state index contributed by atoms with van der Waals surface area (Å²) in [5.74, 6) is 0.976. The van der Waals surface area contributed by atoms with Crippen LogP contribution in [0, 0.1) is 0 Å². The molecule has 130 valence electrons. The van der Waals surface area contributed by atoms with E-state index in [4.69, 9.17) is 26.8 Å². The molecule has 0 atom stereocenters. The molecule has 1 aliphatic rings. The second kappa shape index (κ2) is 8.62. The van der Waals surface area contributed by atoms with Gasteiger partial charge in [0.25, 0.3) is 0 Å². The zero-order valence-electron chi connectivity index (χ0n) is 13.5. The molecule has 0 aromatic heterocycles. The highest BCUT2D eigenvalue weighted by Crippen LogP contribution is 2.36. The fourth-order valence-corrected chi connectivity index (χ4v) is 3.04. The number of nitrogens with one attached hydrogen (secondary N) is 1. The predicted molar refractivity (Wildman–Crippen MR) is 93.7 cm³/mol. The SMILES string of the molecule is CCOc1c(Cl)cc(CNC(=O)C2(N)CCCC2)cc1OC.Cl. The molecule has 7 heteroatoms. The van der Waals surface area contributed by atoms with Crippen LogP contribution in [0.15, 0.2) is 12.1 Å². The number of hydrogen-bond donors (Lipinski definition) is 2. The Morgan fingerprint density at radius 3 is 2.61 bits per heavy atom. The van der Waals surface area contributed by atoms with Crippen molar-refractivity contribution in [3.05, 3.63) is 22.7 Å². The fraction of sp³-hybridized carbons (Fsp3) is 0.562. The summed E-state index contributed by atoms with van der Waals surface area (Å²) >= 11 is 6.22. The lowest BCUT2D eigenvalue weighted by Crippen LogP contribution is -2.51. The van der Waals surface area contributed by atoms with Gasteiger partial charge in [0, 0.05) is 6.54 Å². The number of rotatable bonds is 6. The number of carbonyl (C=O) groups excluding carboxylic acids is 1. The normalized spacial score (nSPS) is 15.7. The maximum atomic E-state index is 12.2. The molecule has 0 radical (unpaired) electrons. The van der Waals surface area contributed by atoms with E-state index in [9.17, 15) is 4.79 Å². The summed E-state index contributed by atoms with van der Waals surface area (Å²) in [6, 6.07) is 3.59. The van der Waals surface area contributed by atoms with Gasteiger partial charge in [-0.05, 0) is 37.5 Å². The van der Waals surface area contributed by atoms with Gasteiger partial charge in [-0.3, -0.25) is 4.79 Å². The Kier molecular flexibility index (Phi) is 7.45. The van der Waals surface area contributed by atoms with Crippen LogP contribution in [0.4, 0.5) is 0 Å². The van der Waals surface area contributed by atoms with E-state index in [1.165, 1.54) is 0 Å². The van der Waals surface area contributed by atoms with Crippen LogP contribution in [0.3, 0.4) is 0 Å². The third-order valence-corrected chi connectivity index (χ3v) is 4.26. The standard InChI is InChI=1S/C16H23ClN2O3.ClH/c1-3-22-14-12(17)8-11(9-13(14)21-2)10-19-15(20)16(18)6-4-5-7-16;/h8-9H,3-7,10,18H2,1-2H3,(H,19,20);1H. The molecular weight excluding hydrogens is 339 g/mol. The number of ether oxygens (including phenoxy) is 2. The molecule has 1 amide bonds. The number of methoxy groups -OCH3 is 1. The lowest BCUT2D eigenvalue weighted by Gasteiger charge is -2.22. The van der Waals surface area contributed by atoms with Crippen LogP contribution in [0.2, 0.25) is 5.02 Å². The van der Waals surface area contributed by atoms with Gasteiger partial charge < -0.3 is 20.5 Å². The highest BCUT2D eigenvalue weighted by atomic mass is 35.5. The number of amides is 1. The van der Waals surface area contributed by atoms with E-state index < -0.39 is 5.54 Å². The minimum atomic E-state index is -0.723. The number of halogens is 2. The Morgan fingerprint density at radius 2 is 2.04 bits per heavy atom. The Bertz CT molecular complexity index is 546. The maximum Gasteiger partial charge on any atom is 0.240 e. The van der Waals surface area contributed by atoms with Crippen LogP contribution in [0.1, 0.15) is 38.2 Å². The largest absolute Gasteiger partial charge is 0.493 e. The van der Waals surface area contributed by atoms with E-state index in [0.717, 1.165) is 31.2 Å². The number of carbonyl (C=O) groups is 1. The van der Waals surface area contributed by atoms with Crippen LogP contribution >= 0.6 is 24.0 Å². The molecule has 1 fully saturated rings. The first-order valence-corrected chi connectivity index (χ1v) is 7.94. The highest BCUT2D eigenvalue weighted by molar-refractivity contribution is 6.32. The Labute approximate surface area is 148 Å². The van der Waals surface area contributed by atoms with Gasteiger partial charge in [0.2, 0.25) is 5.91 Å². The van der Waals surface area contributed by atoms with E-state index in [1.54, 1.807) is 13.2 Å². The Balaban J connectivity index is 0.00000264. The van der Waals surface area contributed by atoms with Crippen molar-refractivity contribution in [3.8, 4) is 11.5 Å². The molecule has 1 aromatic rings. The average Bonchev–Trinajstić information content (AvgIpc) is 2.95. The molecule has 2 rings (SSSR count). The predicted octanol–water partition coefficient (Wildman–Crippen LogP) is 3.06. The van der Waals surface area contributed by atoms with Crippen molar-refractivity contribution in [2.75, 3.05) is 13.7 Å². The molecule has 0 unspecified atom stereocenters. The third-order valence-electron chi connectivity index (χ3n) is 3.98. The lowest BCUT2D eigenvalue weighted by molar-refractivity contribution is -0.126. The van der Waals surface area contributed by atoms with Crippen molar-refractivity contribution in [1.29, 1.82) is 0 Å². The van der Waals surface area contributed by atoms with E-state index in [0.29, 0.717) is 29.7 Å². The van der Waals surface area contributed by atoms with Crippen molar-refractivity contribution in [1.82, 2.24) is 5.32 Å². The van der Waals surface area contributed by atoms with E-state index in [1.807, 2.05) is 13.0 Å². The minimum absolute atomic E-state index is 0. The van der Waals surface area contributed by atoms with Crippen LogP contribution in [-0.2, 0) is 11.3 Å². The van der Waals surface area contributed by atoms with Crippen molar-refractivity contribution in [2.45, 2.75) is 44.7 Å². The fourth-order valence-electron chi connectivity index (χ4n) is 2.75. The van der Waals surface area contributed by atoms with Crippen LogP contribution < -0.4 is 20.5 Å². The third kappa shape index (κ3) is 4.66. The molecule has 5 nitrogen and oxygen atoms in total. The smallest absolute Gasteiger partial charge is 0.240 e. The van der Waals surface area contributed by atoms with Gasteiger partial charge in [-0.15, -0.1) is 12.4 Å². The van der Waals surface area contributed by atoms with Crippen LogP contribution in [-0.4, -0.2) is 25.2 Å². The molecule has 1 saturated carbocycles. The van der Waals surface area contributed by atoms with Crippen molar-refractivity contribution >= 4 is 29.9 Å². The molecule has 0 bridgehead atoms. The molecule has 1 aliphatic carbocycles. The molecule has 0 saturated heterocycles. The lowest BCUT2D eigenvalue weighted by atomic mass is 9.98. The molecule has 1 aromatic carbocycles. The summed E-state index contributed by atoms with van der Waals surface area (Å²) in [6.07, 6.45) is 3.50. The first kappa shape index (κ1) is 19.9. The first-order valence-electron chi connectivity index (χ1n) is 7.56. The molecule has 3 N–H and O–H groups in total. The highest BCUT2D eigenvalue weighted by Gasteiger charge is 2.36. The van der Waals surface area contributed by atoms with Crippen LogP contribution in [0.25, 0.3) is 0 Å². The van der Waals surface area contributed by atoms with Crippen molar-refractivity contribution in [3.63, 3.8) is 0 Å². The molecule has 0 heterocycles. The molecule has 0 spiro atoms. The van der Waals surface area contributed by atoms with E-state index in [2.05, 4.69) is 5.32 Å². The first-order chi connectivity index (χ1) is 10.5. The van der Waals surface area contributed by atoms with Gasteiger partial charge >= 0.3 is 0 Å². The Morgan fingerprint density at radius 1 is 1.39 bits per heavy atom. The Hall–Kier alpha value is -1.17. The van der Waals surface area contributed by atoms with Gasteiger partial charge in [-0.1, -0.05) is 24.4 Å². The number of nitrogens with two attached hydrogens (primary N) is 1. The van der Waals surface area contributed by atoms with E-state index in [-0.39, 0.29) is 18.3 Å². The topological polar surface area (TPSA) is 73.6 Å². The van der Waals surface area contributed by atoms with Gasteiger partial charge in [-0.25, -0.2) is 0 Å². The quantitative estimate of drug-likeness (QED) is 0.815. The molecule has 23 heavy (non-hydrogen) atoms. The summed E-state index contributed by atoms with van der Waals surface area (Å²) in [5.41, 5.74) is 6.26. The van der Waals surface area contributed by atoms with Gasteiger partial charge in [0.15, 0.2) is 11.5 Å². The van der Waals surface area contributed by atoms with Crippen molar-refractivity contribution in [2.24, 2.45) is 5.73 Å². The zero-order chi connectivity index (χ0) is 16.2. The second-order valence-electron chi connectivity index (χ2n) is 5.59. The summed E-state index contributed by atoms with van der Waals surface area (Å²) in [5, 5.41) is 3.36. The number of hydrogen-bond acceptors (Lipinski definition) is 4. The average molecular weight is 363 g/mol. The maximum absolute atomic E-state index is 12.2. The monoisotopic (exact) mass is 362 g/mol. The minimum Gasteiger partial charge on any atom is -0.493 e.